The van der Waals surface area contributed by atoms with Crippen molar-refractivity contribution in [3.8, 4) is 6.07 Å². The van der Waals surface area contributed by atoms with E-state index in [9.17, 15) is 4.79 Å². The molecule has 0 aliphatic heterocycles. The number of ether oxygens (including phenoxy) is 1. The Labute approximate surface area is 102 Å². The highest BCUT2D eigenvalue weighted by molar-refractivity contribution is 5.67. The summed E-state index contributed by atoms with van der Waals surface area (Å²) >= 11 is 0. The molecule has 0 saturated carbocycles. The molecule has 1 N–H and O–H groups in total. The molecule has 0 aromatic heterocycles. The van der Waals surface area contributed by atoms with Crippen molar-refractivity contribution in [2.24, 2.45) is 5.92 Å². The summed E-state index contributed by atoms with van der Waals surface area (Å²) in [5, 5.41) is 11.4. The van der Waals surface area contributed by atoms with Crippen LogP contribution in [-0.2, 0) is 4.74 Å². The second kappa shape index (κ2) is 5.53. The van der Waals surface area contributed by atoms with Crippen molar-refractivity contribution in [3.05, 3.63) is 23.8 Å². The summed E-state index contributed by atoms with van der Waals surface area (Å²) in [6.07, 6.45) is 5.97. The van der Waals surface area contributed by atoms with Crippen molar-refractivity contribution in [2.45, 2.75) is 32.8 Å². The molecule has 0 aromatic carbocycles. The summed E-state index contributed by atoms with van der Waals surface area (Å²) in [5.74, 6) is 0.236. The first-order valence-electron chi connectivity index (χ1n) is 5.66. The summed E-state index contributed by atoms with van der Waals surface area (Å²) in [7, 11) is 0. The van der Waals surface area contributed by atoms with Crippen LogP contribution in [0.3, 0.4) is 0 Å². The zero-order valence-electron chi connectivity index (χ0n) is 10.5. The number of hydrogen-bond donors (Lipinski definition) is 1. The van der Waals surface area contributed by atoms with Gasteiger partial charge in [0.25, 0.3) is 0 Å². The van der Waals surface area contributed by atoms with Crippen molar-refractivity contribution in [3.63, 3.8) is 0 Å². The Morgan fingerprint density at radius 1 is 1.65 bits per heavy atom. The summed E-state index contributed by atoms with van der Waals surface area (Å²) in [6, 6.07) is 2.08. The van der Waals surface area contributed by atoms with Gasteiger partial charge in [-0.15, -0.1) is 0 Å². The molecule has 1 unspecified atom stereocenters. The largest absolute Gasteiger partial charge is 0.444 e. The first kappa shape index (κ1) is 13.3. The van der Waals surface area contributed by atoms with E-state index in [2.05, 4.69) is 11.4 Å². The van der Waals surface area contributed by atoms with E-state index in [-0.39, 0.29) is 5.92 Å². The molecule has 1 aliphatic carbocycles. The van der Waals surface area contributed by atoms with Crippen molar-refractivity contribution < 1.29 is 9.53 Å². The Kier molecular flexibility index (Phi) is 4.33. The fraction of sp³-hybridized carbons (Fsp3) is 0.538. The number of nitriles is 1. The molecule has 92 valence electrons. The van der Waals surface area contributed by atoms with Crippen LogP contribution in [0.2, 0.25) is 0 Å². The minimum atomic E-state index is -0.472. The molecule has 0 spiro atoms. The van der Waals surface area contributed by atoms with Gasteiger partial charge in [0.05, 0.1) is 6.07 Å². The van der Waals surface area contributed by atoms with Crippen LogP contribution in [0.5, 0.6) is 0 Å². The lowest BCUT2D eigenvalue weighted by atomic mass is 9.97. The summed E-state index contributed by atoms with van der Waals surface area (Å²) in [6.45, 7) is 6.01. The lowest BCUT2D eigenvalue weighted by Crippen LogP contribution is -2.35. The summed E-state index contributed by atoms with van der Waals surface area (Å²) < 4.78 is 5.13. The average Bonchev–Trinajstić information content (AvgIpc) is 2.25. The second-order valence-electron chi connectivity index (χ2n) is 5.01. The molecule has 1 atom stereocenters. The van der Waals surface area contributed by atoms with Gasteiger partial charge in [0, 0.05) is 12.1 Å². The van der Waals surface area contributed by atoms with Crippen LogP contribution in [0.15, 0.2) is 23.8 Å². The van der Waals surface area contributed by atoms with Gasteiger partial charge < -0.3 is 10.1 Å². The van der Waals surface area contributed by atoms with E-state index in [1.807, 2.05) is 32.9 Å². The molecule has 4 nitrogen and oxygen atoms in total. The van der Waals surface area contributed by atoms with Crippen molar-refractivity contribution in [2.75, 3.05) is 6.54 Å². The van der Waals surface area contributed by atoms with Crippen LogP contribution in [0.25, 0.3) is 0 Å². The molecule has 4 heteroatoms. The van der Waals surface area contributed by atoms with Crippen LogP contribution in [0.4, 0.5) is 4.79 Å². The number of alkyl carbamates (subject to hydrolysis) is 1. The van der Waals surface area contributed by atoms with Gasteiger partial charge in [0.2, 0.25) is 0 Å². The molecule has 0 bridgehead atoms. The lowest BCUT2D eigenvalue weighted by Gasteiger charge is -2.21. The molecule has 1 amide bonds. The first-order valence-corrected chi connectivity index (χ1v) is 5.66. The molecule has 0 fully saturated rings. The Morgan fingerprint density at radius 2 is 2.35 bits per heavy atom. The average molecular weight is 234 g/mol. The smallest absolute Gasteiger partial charge is 0.407 e. The third-order valence-corrected chi connectivity index (χ3v) is 2.23. The number of nitrogens with one attached hydrogen (secondary N) is 1. The number of allylic oxidation sites excluding steroid dienone is 3. The molecule has 0 heterocycles. The van der Waals surface area contributed by atoms with Gasteiger partial charge in [0.1, 0.15) is 5.60 Å². The minimum Gasteiger partial charge on any atom is -0.444 e. The minimum absolute atomic E-state index is 0.236. The maximum Gasteiger partial charge on any atom is 0.407 e. The molecule has 1 aliphatic rings. The van der Waals surface area contributed by atoms with E-state index in [0.717, 1.165) is 6.42 Å². The van der Waals surface area contributed by atoms with Gasteiger partial charge in [-0.05, 0) is 39.2 Å². The highest BCUT2D eigenvalue weighted by Gasteiger charge is 2.17. The predicted molar refractivity (Wildman–Crippen MR) is 65.2 cm³/mol. The summed E-state index contributed by atoms with van der Waals surface area (Å²) in [4.78, 5) is 11.4. The lowest BCUT2D eigenvalue weighted by molar-refractivity contribution is 0.0522. The molecule has 17 heavy (non-hydrogen) atoms. The molecular formula is C13H18N2O2. The van der Waals surface area contributed by atoms with Crippen molar-refractivity contribution >= 4 is 6.09 Å². The van der Waals surface area contributed by atoms with E-state index in [0.29, 0.717) is 12.1 Å². The third-order valence-electron chi connectivity index (χ3n) is 2.23. The standard InChI is InChI=1S/C13H18N2O2/c1-13(2,3)17-12(16)15-9-11-6-4-10(8-14)5-7-11/h4-6,11H,7,9H2,1-3H3,(H,15,16). The highest BCUT2D eigenvalue weighted by Crippen LogP contribution is 2.15. The fourth-order valence-corrected chi connectivity index (χ4v) is 1.43. The number of amides is 1. The number of carbonyl (C=O) groups excluding carboxylic acids is 1. The van der Waals surface area contributed by atoms with Gasteiger partial charge in [-0.2, -0.15) is 5.26 Å². The molecular weight excluding hydrogens is 216 g/mol. The van der Waals surface area contributed by atoms with Gasteiger partial charge in [-0.1, -0.05) is 12.2 Å². The number of carbonyl (C=O) groups is 1. The van der Waals surface area contributed by atoms with E-state index in [1.165, 1.54) is 0 Å². The zero-order chi connectivity index (χ0) is 12.9. The second-order valence-corrected chi connectivity index (χ2v) is 5.01. The molecule has 1 rings (SSSR count). The predicted octanol–water partition coefficient (Wildman–Crippen LogP) is 2.54. The fourth-order valence-electron chi connectivity index (χ4n) is 1.43. The van der Waals surface area contributed by atoms with E-state index in [4.69, 9.17) is 10.00 Å². The molecule has 0 saturated heterocycles. The Morgan fingerprint density at radius 3 is 2.82 bits per heavy atom. The number of hydrogen-bond acceptors (Lipinski definition) is 3. The zero-order valence-corrected chi connectivity index (χ0v) is 10.5. The monoisotopic (exact) mass is 234 g/mol. The van der Waals surface area contributed by atoms with E-state index in [1.54, 1.807) is 6.08 Å². The van der Waals surface area contributed by atoms with Crippen LogP contribution in [0, 0.1) is 17.2 Å². The Bertz CT molecular complexity index is 383. The number of nitrogens with zero attached hydrogens (tertiary/aromatic N) is 1. The molecule has 0 aromatic rings. The van der Waals surface area contributed by atoms with Gasteiger partial charge in [-0.3, -0.25) is 0 Å². The van der Waals surface area contributed by atoms with Crippen molar-refractivity contribution in [1.82, 2.24) is 5.32 Å². The maximum atomic E-state index is 11.4. The number of rotatable bonds is 2. The van der Waals surface area contributed by atoms with Crippen LogP contribution >= 0.6 is 0 Å². The molecule has 0 radical (unpaired) electrons. The van der Waals surface area contributed by atoms with Crippen LogP contribution < -0.4 is 5.32 Å². The van der Waals surface area contributed by atoms with Crippen molar-refractivity contribution in [1.29, 1.82) is 5.26 Å². The Balaban J connectivity index is 2.30. The van der Waals surface area contributed by atoms with Gasteiger partial charge >= 0.3 is 6.09 Å². The topological polar surface area (TPSA) is 62.1 Å². The van der Waals surface area contributed by atoms with Gasteiger partial charge in [-0.25, -0.2) is 4.79 Å². The quantitative estimate of drug-likeness (QED) is 0.798. The van der Waals surface area contributed by atoms with E-state index >= 15 is 0 Å². The Hall–Kier alpha value is -1.76. The maximum absolute atomic E-state index is 11.4. The van der Waals surface area contributed by atoms with Crippen LogP contribution in [0.1, 0.15) is 27.2 Å². The highest BCUT2D eigenvalue weighted by atomic mass is 16.6. The van der Waals surface area contributed by atoms with Gasteiger partial charge in [0.15, 0.2) is 0 Å². The van der Waals surface area contributed by atoms with Crippen LogP contribution in [-0.4, -0.2) is 18.2 Å². The SMILES string of the molecule is CC(C)(C)OC(=O)NCC1C=CC(C#N)=CC1. The first-order chi connectivity index (χ1) is 7.90. The van der Waals surface area contributed by atoms with E-state index < -0.39 is 11.7 Å². The summed E-state index contributed by atoms with van der Waals surface area (Å²) in [5.41, 5.74) is 0.207. The normalized spacial score (nSPS) is 19.2. The third kappa shape index (κ3) is 5.21.